The number of aromatic nitrogens is 6. The average Bonchev–Trinajstić information content (AvgIpc) is 3.26. The molecule has 0 aliphatic carbocycles. The number of ether oxygens (including phenoxy) is 1. The average molecular weight is 484 g/mol. The zero-order valence-electron chi connectivity index (χ0n) is 22.1. The fourth-order valence-electron chi connectivity index (χ4n) is 3.41. The number of nitrogens with zero attached hydrogens (tertiary/aromatic N) is 6. The Labute approximate surface area is 205 Å². The first-order valence-corrected chi connectivity index (χ1v) is 10.7. The fourth-order valence-corrected chi connectivity index (χ4v) is 3.60. The zero-order valence-corrected chi connectivity index (χ0v) is 19.8. The van der Waals surface area contributed by atoms with E-state index in [0.29, 0.717) is 28.3 Å². The van der Waals surface area contributed by atoms with Gasteiger partial charge in [0.25, 0.3) is 5.56 Å². The molecule has 4 rings (SSSR count). The molecule has 176 valence electrons. The van der Waals surface area contributed by atoms with Gasteiger partial charge in [-0.05, 0) is 51.4 Å². The molecule has 34 heavy (non-hydrogen) atoms. The van der Waals surface area contributed by atoms with Crippen LogP contribution in [-0.4, -0.2) is 34.4 Å². The number of pyridine rings is 2. The Kier molecular flexibility index (Phi) is 5.26. The quantitative estimate of drug-likeness (QED) is 0.447. The summed E-state index contributed by atoms with van der Waals surface area (Å²) in [6, 6.07) is 6.66. The largest absolute Gasteiger partial charge is 0.485 e. The van der Waals surface area contributed by atoms with Gasteiger partial charge in [-0.2, -0.15) is 5.10 Å². The van der Waals surface area contributed by atoms with E-state index in [1.54, 1.807) is 56.2 Å². The van der Waals surface area contributed by atoms with Gasteiger partial charge in [0.15, 0.2) is 5.82 Å². The maximum atomic E-state index is 13.3. The highest BCUT2D eigenvalue weighted by Crippen LogP contribution is 2.27. The van der Waals surface area contributed by atoms with Gasteiger partial charge < -0.3 is 9.84 Å². The minimum atomic E-state index is -2.74. The van der Waals surface area contributed by atoms with Crippen LogP contribution in [0.3, 0.4) is 0 Å². The molecule has 1 atom stereocenters. The molecule has 0 aliphatic heterocycles. The minimum Gasteiger partial charge on any atom is -0.485 e. The van der Waals surface area contributed by atoms with Crippen LogP contribution in [0.15, 0.2) is 47.7 Å². The number of halogens is 1. The summed E-state index contributed by atoms with van der Waals surface area (Å²) in [5, 5.41) is 14.7. The SMILES string of the molecule is [2H]C([2H])([2H])C(C)(O)c1nccc(-c2cc(-n3c(C)cc(OCc4ccn(C)n4)c(Cl)c3=O)c(C)cn2)n1. The zero-order chi connectivity index (χ0) is 27.1. The molecule has 0 aromatic carbocycles. The van der Waals surface area contributed by atoms with E-state index in [-0.39, 0.29) is 28.9 Å². The second-order valence-electron chi connectivity index (χ2n) is 8.07. The summed E-state index contributed by atoms with van der Waals surface area (Å²) in [5.41, 5.74) is 0.348. The Bertz CT molecular complexity index is 1530. The summed E-state index contributed by atoms with van der Waals surface area (Å²) in [6.45, 7) is 2.09. The minimum absolute atomic E-state index is 0.0858. The van der Waals surface area contributed by atoms with Crippen LogP contribution >= 0.6 is 11.6 Å². The molecule has 0 bridgehead atoms. The van der Waals surface area contributed by atoms with Crippen LogP contribution in [0, 0.1) is 13.8 Å². The predicted molar refractivity (Wildman–Crippen MR) is 128 cm³/mol. The third-order valence-electron chi connectivity index (χ3n) is 5.11. The molecule has 0 saturated heterocycles. The van der Waals surface area contributed by atoms with Crippen molar-refractivity contribution in [2.45, 2.75) is 39.8 Å². The number of rotatable bonds is 6. The molecular weight excluding hydrogens is 456 g/mol. The van der Waals surface area contributed by atoms with E-state index in [4.69, 9.17) is 20.5 Å². The summed E-state index contributed by atoms with van der Waals surface area (Å²) >= 11 is 6.41. The van der Waals surface area contributed by atoms with Crippen molar-refractivity contribution in [1.29, 1.82) is 0 Å². The van der Waals surface area contributed by atoms with E-state index >= 15 is 0 Å². The van der Waals surface area contributed by atoms with Crippen LogP contribution in [0.5, 0.6) is 5.75 Å². The molecule has 0 saturated carbocycles. The van der Waals surface area contributed by atoms with E-state index in [0.717, 1.165) is 6.92 Å². The van der Waals surface area contributed by atoms with Gasteiger partial charge in [0.2, 0.25) is 0 Å². The van der Waals surface area contributed by atoms with E-state index < -0.39 is 18.0 Å². The normalized spacial score (nSPS) is 14.7. The van der Waals surface area contributed by atoms with Crippen molar-refractivity contribution in [1.82, 2.24) is 29.3 Å². The predicted octanol–water partition coefficient (Wildman–Crippen LogP) is 3.50. The third kappa shape index (κ3) is 4.71. The second-order valence-corrected chi connectivity index (χ2v) is 8.45. The lowest BCUT2D eigenvalue weighted by Crippen LogP contribution is -2.23. The first-order valence-electron chi connectivity index (χ1n) is 11.9. The molecular formula is C24H25ClN6O3. The van der Waals surface area contributed by atoms with E-state index in [1.807, 2.05) is 0 Å². The van der Waals surface area contributed by atoms with Gasteiger partial charge in [0, 0.05) is 41.5 Å². The van der Waals surface area contributed by atoms with Crippen LogP contribution in [0.2, 0.25) is 5.02 Å². The van der Waals surface area contributed by atoms with Crippen molar-refractivity contribution >= 4 is 11.6 Å². The van der Waals surface area contributed by atoms with E-state index in [1.165, 1.54) is 16.8 Å². The molecule has 10 heteroatoms. The van der Waals surface area contributed by atoms with Crippen LogP contribution in [0.1, 0.15) is 40.7 Å². The Morgan fingerprint density at radius 1 is 1.24 bits per heavy atom. The highest BCUT2D eigenvalue weighted by molar-refractivity contribution is 6.31. The van der Waals surface area contributed by atoms with Crippen LogP contribution in [-0.2, 0) is 19.3 Å². The first kappa shape index (κ1) is 19.9. The lowest BCUT2D eigenvalue weighted by Gasteiger charge is -2.17. The lowest BCUT2D eigenvalue weighted by atomic mass is 10.1. The molecule has 0 radical (unpaired) electrons. The summed E-state index contributed by atoms with van der Waals surface area (Å²) in [6.07, 6.45) is 4.71. The van der Waals surface area contributed by atoms with Crippen LogP contribution in [0.25, 0.3) is 17.1 Å². The molecule has 0 fully saturated rings. The number of aliphatic hydroxyl groups is 1. The van der Waals surface area contributed by atoms with Crippen molar-refractivity contribution in [2.24, 2.45) is 7.05 Å². The standard InChI is InChI=1S/C24H25ClN6O3/c1-14-12-27-18(17-6-8-26-23(28-17)24(3,4)33)11-19(14)31-15(2)10-20(21(25)22(31)32)34-13-16-7-9-30(5)29-16/h6-12,33H,13H2,1-5H3/i3D3. The summed E-state index contributed by atoms with van der Waals surface area (Å²) < 4.78 is 31.7. The van der Waals surface area contributed by atoms with Gasteiger partial charge in [-0.3, -0.25) is 19.0 Å². The van der Waals surface area contributed by atoms with Crippen molar-refractivity contribution < 1.29 is 14.0 Å². The lowest BCUT2D eigenvalue weighted by molar-refractivity contribution is 0.0688. The molecule has 0 spiro atoms. The molecule has 9 nitrogen and oxygen atoms in total. The molecule has 0 amide bonds. The van der Waals surface area contributed by atoms with Gasteiger partial charge in [-0.15, -0.1) is 0 Å². The molecule has 0 aliphatic rings. The van der Waals surface area contributed by atoms with Crippen molar-refractivity contribution in [2.75, 3.05) is 0 Å². The molecule has 4 aromatic rings. The van der Waals surface area contributed by atoms with Gasteiger partial charge in [0.1, 0.15) is 23.0 Å². The second kappa shape index (κ2) is 9.00. The molecule has 1 unspecified atom stereocenters. The summed E-state index contributed by atoms with van der Waals surface area (Å²) in [7, 11) is 1.80. The van der Waals surface area contributed by atoms with Crippen molar-refractivity contribution in [3.05, 3.63) is 81.0 Å². The highest BCUT2D eigenvalue weighted by Gasteiger charge is 2.21. The molecule has 4 aromatic heterocycles. The van der Waals surface area contributed by atoms with Crippen LogP contribution in [0.4, 0.5) is 0 Å². The third-order valence-corrected chi connectivity index (χ3v) is 5.46. The van der Waals surface area contributed by atoms with Crippen molar-refractivity contribution in [3.63, 3.8) is 0 Å². The summed E-state index contributed by atoms with van der Waals surface area (Å²) in [4.78, 5) is 25.9. The van der Waals surface area contributed by atoms with Crippen LogP contribution < -0.4 is 10.3 Å². The molecule has 4 heterocycles. The Morgan fingerprint density at radius 2 is 2.03 bits per heavy atom. The van der Waals surface area contributed by atoms with E-state index in [2.05, 4.69) is 20.1 Å². The van der Waals surface area contributed by atoms with Gasteiger partial charge in [0.05, 0.1) is 22.8 Å². The smallest absolute Gasteiger partial charge is 0.277 e. The Hall–Kier alpha value is -3.56. The molecule has 1 N–H and O–H groups in total. The maximum Gasteiger partial charge on any atom is 0.277 e. The highest BCUT2D eigenvalue weighted by atomic mass is 35.5. The van der Waals surface area contributed by atoms with Crippen molar-refractivity contribution in [3.8, 4) is 22.8 Å². The fraction of sp³-hybridized carbons (Fsp3) is 0.292. The number of aryl methyl sites for hydroxylation is 3. The number of hydrogen-bond donors (Lipinski definition) is 1. The Balaban J connectivity index is 1.73. The monoisotopic (exact) mass is 483 g/mol. The summed E-state index contributed by atoms with van der Waals surface area (Å²) in [5.74, 6) is -0.0231. The Morgan fingerprint density at radius 3 is 2.74 bits per heavy atom. The topological polar surface area (TPSA) is 108 Å². The van der Waals surface area contributed by atoms with Gasteiger partial charge >= 0.3 is 0 Å². The van der Waals surface area contributed by atoms with E-state index in [9.17, 15) is 9.90 Å². The van der Waals surface area contributed by atoms with Gasteiger partial charge in [-0.1, -0.05) is 11.6 Å². The maximum absolute atomic E-state index is 13.3. The van der Waals surface area contributed by atoms with Gasteiger partial charge in [-0.25, -0.2) is 9.97 Å². The number of hydrogen-bond acceptors (Lipinski definition) is 7. The first-order chi connectivity index (χ1) is 17.3.